The van der Waals surface area contributed by atoms with Crippen LogP contribution in [-0.2, 0) is 71.3 Å². The fourth-order valence-corrected chi connectivity index (χ4v) is 18.0. The standard InChI is InChI=1S/C66H102O25/c1-14-30(3)55(79)88-49-32(5)82-60(48(75)50(49)89-56(80)31(4)15-2)91-53-52(76)66(29-81-33(6)69)36(25-61(53,7)8)35-16-17-44-63(11)20-19-46(62(9,10)43(63)18-21-64(44,12)65(35,13)26-45(66)73)87-59-41(85-58-39(72)23-37(70)42(28-68)86-58)24-40(47(74)51(90-59)54(77)78)84-57-38(71)22-34(27-67)83-57/h14-16,32,34,36-53,57-60,67-68,70-76H,17-29H2,1-13H3,(H,77,78). The van der Waals surface area contributed by atoms with Crippen molar-refractivity contribution < 1.29 is 122 Å². The summed E-state index contributed by atoms with van der Waals surface area (Å²) in [7, 11) is 0. The molecule has 9 rings (SSSR count). The maximum atomic E-state index is 13.4. The van der Waals surface area contributed by atoms with Gasteiger partial charge in [-0.25, -0.2) is 14.4 Å². The molecule has 4 aliphatic heterocycles. The van der Waals surface area contributed by atoms with Crippen LogP contribution in [0.4, 0.5) is 0 Å². The Bertz CT molecular complexity index is 2730. The number of rotatable bonds is 17. The van der Waals surface area contributed by atoms with E-state index in [1.54, 1.807) is 46.8 Å². The normalized spacial score (nSPS) is 47.3. The molecule has 0 spiro atoms. The van der Waals surface area contributed by atoms with Crippen LogP contribution in [0.1, 0.15) is 154 Å². The summed E-state index contributed by atoms with van der Waals surface area (Å²) < 4.78 is 68.0. The third kappa shape index (κ3) is 12.9. The zero-order valence-electron chi connectivity index (χ0n) is 54.9. The topological polar surface area (TPSA) is 372 Å². The lowest BCUT2D eigenvalue weighted by atomic mass is 9.33. The summed E-state index contributed by atoms with van der Waals surface area (Å²) in [6.45, 7) is 22.7. The minimum absolute atomic E-state index is 0.00274. The third-order valence-corrected chi connectivity index (χ3v) is 23.6. The maximum absolute atomic E-state index is 13.4. The van der Waals surface area contributed by atoms with Crippen LogP contribution in [0.25, 0.3) is 0 Å². The SMILES string of the molecule is CC=C(C)C(=O)OC1C(C)OC(OC2C(O)C3(COC(C)=O)C(O)CC4(C)C(=CCC5C6(C)CCC(OC7OC(C(=O)O)C(O)C(OC8OC(CO)CC8O)CC7OC7OC(CO)C(O)CC7O)C(C)(C)C6CCC54C)C3CC2(C)C)C(O)C1OC(=O)C(C)=CC. The van der Waals surface area contributed by atoms with Crippen LogP contribution in [0.3, 0.4) is 0 Å². The predicted molar refractivity (Wildman–Crippen MR) is 318 cm³/mol. The number of carboxylic acid groups (broad SMARTS) is 1. The molecule has 516 valence electrons. The van der Waals surface area contributed by atoms with Crippen molar-refractivity contribution in [3.63, 3.8) is 0 Å². The molecule has 4 heterocycles. The number of esters is 3. The van der Waals surface area contributed by atoms with E-state index in [0.29, 0.717) is 38.5 Å². The van der Waals surface area contributed by atoms with Gasteiger partial charge in [-0.1, -0.05) is 72.3 Å². The second-order valence-electron chi connectivity index (χ2n) is 29.6. The van der Waals surface area contributed by atoms with Gasteiger partial charge in [0.15, 0.2) is 43.5 Å². The molecule has 0 aromatic rings. The van der Waals surface area contributed by atoms with E-state index in [0.717, 1.165) is 5.57 Å². The van der Waals surface area contributed by atoms with E-state index in [1.165, 1.54) is 6.92 Å². The number of fused-ring (bicyclic) bond motifs is 7. The van der Waals surface area contributed by atoms with Gasteiger partial charge in [-0.05, 0) is 124 Å². The first kappa shape index (κ1) is 71.7. The number of aliphatic hydroxyl groups is 9. The number of hydrogen-bond acceptors (Lipinski definition) is 24. The first-order valence-electron chi connectivity index (χ1n) is 32.5. The molecule has 25 nitrogen and oxygen atoms in total. The molecule has 4 saturated carbocycles. The second kappa shape index (κ2) is 27.1. The molecule has 9 aliphatic rings. The lowest BCUT2D eigenvalue weighted by Gasteiger charge is -2.72. The predicted octanol–water partition coefficient (Wildman–Crippen LogP) is 3.16. The van der Waals surface area contributed by atoms with Gasteiger partial charge in [0, 0.05) is 37.3 Å². The molecular formula is C66H102O25. The lowest BCUT2D eigenvalue weighted by molar-refractivity contribution is -0.342. The van der Waals surface area contributed by atoms with E-state index in [2.05, 4.69) is 40.7 Å². The van der Waals surface area contributed by atoms with Gasteiger partial charge in [0.25, 0.3) is 0 Å². The second-order valence-corrected chi connectivity index (χ2v) is 29.6. The van der Waals surface area contributed by atoms with Crippen LogP contribution in [0.15, 0.2) is 34.9 Å². The Morgan fingerprint density at radius 3 is 1.89 bits per heavy atom. The van der Waals surface area contributed by atoms with Crippen molar-refractivity contribution in [2.24, 2.45) is 50.2 Å². The van der Waals surface area contributed by atoms with E-state index in [4.69, 9.17) is 52.1 Å². The van der Waals surface area contributed by atoms with E-state index >= 15 is 0 Å². The number of carbonyl (C=O) groups is 4. The average Bonchev–Trinajstić information content (AvgIpc) is 0.968. The molecule has 28 atom stereocenters. The first-order chi connectivity index (χ1) is 42.6. The van der Waals surface area contributed by atoms with Crippen LogP contribution >= 0.6 is 0 Å². The van der Waals surface area contributed by atoms with Gasteiger partial charge in [0.1, 0.15) is 43.2 Å². The van der Waals surface area contributed by atoms with Crippen molar-refractivity contribution in [1.29, 1.82) is 0 Å². The largest absolute Gasteiger partial charge is 0.479 e. The zero-order valence-corrected chi connectivity index (χ0v) is 54.9. The molecule has 28 unspecified atom stereocenters. The lowest BCUT2D eigenvalue weighted by Crippen LogP contribution is -2.72. The summed E-state index contributed by atoms with van der Waals surface area (Å²) >= 11 is 0. The number of aliphatic carboxylic acids is 1. The Balaban J connectivity index is 0.999. The molecule has 5 aliphatic carbocycles. The fourth-order valence-electron chi connectivity index (χ4n) is 18.0. The van der Waals surface area contributed by atoms with Crippen molar-refractivity contribution in [3.05, 3.63) is 34.9 Å². The van der Waals surface area contributed by atoms with Gasteiger partial charge < -0.3 is 103 Å². The molecule has 8 fully saturated rings. The molecule has 0 radical (unpaired) electrons. The van der Waals surface area contributed by atoms with Crippen molar-refractivity contribution >= 4 is 23.9 Å². The van der Waals surface area contributed by atoms with Crippen molar-refractivity contribution in [2.75, 3.05) is 19.8 Å². The molecular weight excluding hydrogens is 1190 g/mol. The monoisotopic (exact) mass is 1290 g/mol. The molecule has 0 aromatic carbocycles. The zero-order chi connectivity index (χ0) is 67.0. The van der Waals surface area contributed by atoms with Crippen LogP contribution in [0, 0.1) is 50.2 Å². The van der Waals surface area contributed by atoms with E-state index in [9.17, 15) is 70.2 Å². The average molecular weight is 1300 g/mol. The Kier molecular flexibility index (Phi) is 21.4. The van der Waals surface area contributed by atoms with Crippen LogP contribution < -0.4 is 0 Å². The summed E-state index contributed by atoms with van der Waals surface area (Å²) in [4.78, 5) is 52.5. The number of aliphatic hydroxyl groups excluding tert-OH is 9. The minimum atomic E-state index is -1.97. The first-order valence-corrected chi connectivity index (χ1v) is 32.5. The molecule has 0 bridgehead atoms. The van der Waals surface area contributed by atoms with Crippen LogP contribution in [0.5, 0.6) is 0 Å². The number of allylic oxidation sites excluding steroid dienone is 4. The summed E-state index contributed by atoms with van der Waals surface area (Å²) in [5.74, 6) is -4.24. The van der Waals surface area contributed by atoms with Gasteiger partial charge in [0.05, 0.1) is 67.5 Å². The molecule has 0 amide bonds. The highest BCUT2D eigenvalue weighted by Crippen LogP contribution is 2.76. The molecule has 4 saturated heterocycles. The van der Waals surface area contributed by atoms with Crippen molar-refractivity contribution in [2.45, 2.75) is 283 Å². The van der Waals surface area contributed by atoms with E-state index in [-0.39, 0.29) is 60.7 Å². The molecule has 25 heteroatoms. The minimum Gasteiger partial charge on any atom is -0.479 e. The number of ether oxygens (including phenoxy) is 11. The molecule has 91 heavy (non-hydrogen) atoms. The number of carbonyl (C=O) groups excluding carboxylic acids is 3. The van der Waals surface area contributed by atoms with Crippen LogP contribution in [0.2, 0.25) is 0 Å². The summed E-state index contributed by atoms with van der Waals surface area (Å²) in [5, 5.41) is 114. The third-order valence-electron chi connectivity index (χ3n) is 23.6. The Morgan fingerprint density at radius 1 is 0.659 bits per heavy atom. The summed E-state index contributed by atoms with van der Waals surface area (Å²) in [5.41, 5.74) is -3.15. The number of hydrogen-bond donors (Lipinski definition) is 10. The quantitative estimate of drug-likeness (QED) is 0.0329. The van der Waals surface area contributed by atoms with Gasteiger partial charge in [-0.3, -0.25) is 4.79 Å². The maximum Gasteiger partial charge on any atom is 0.335 e. The fraction of sp³-hybridized carbons (Fsp3) is 0.848. The Hall–Kier alpha value is -3.58. The molecule has 0 aromatic heterocycles. The van der Waals surface area contributed by atoms with Crippen LogP contribution in [-0.4, -0.2) is 224 Å². The summed E-state index contributed by atoms with van der Waals surface area (Å²) in [6, 6.07) is 0. The molecule has 10 N–H and O–H groups in total. The highest BCUT2D eigenvalue weighted by atomic mass is 16.8. The highest BCUT2D eigenvalue weighted by molar-refractivity contribution is 5.88. The van der Waals surface area contributed by atoms with Gasteiger partial charge in [0.2, 0.25) is 0 Å². The Morgan fingerprint density at radius 2 is 1.29 bits per heavy atom. The van der Waals surface area contributed by atoms with Crippen molar-refractivity contribution in [3.8, 4) is 0 Å². The van der Waals surface area contributed by atoms with E-state index < -0.39 is 199 Å². The Labute approximate surface area is 532 Å². The number of carboxylic acids is 1. The van der Waals surface area contributed by atoms with Gasteiger partial charge in [-0.15, -0.1) is 0 Å². The van der Waals surface area contributed by atoms with Gasteiger partial charge >= 0.3 is 23.9 Å². The highest BCUT2D eigenvalue weighted by Gasteiger charge is 2.73. The van der Waals surface area contributed by atoms with Crippen molar-refractivity contribution in [1.82, 2.24) is 0 Å². The smallest absolute Gasteiger partial charge is 0.335 e. The summed E-state index contributed by atoms with van der Waals surface area (Å²) in [6.07, 6.45) is -20.3. The van der Waals surface area contributed by atoms with E-state index in [1.807, 2.05) is 13.8 Å². The van der Waals surface area contributed by atoms with Gasteiger partial charge in [-0.2, -0.15) is 0 Å².